The first-order valence-corrected chi connectivity index (χ1v) is 14.4. The largest absolute Gasteiger partial charge is 0.444 e. The van der Waals surface area contributed by atoms with Gasteiger partial charge in [-0.2, -0.15) is 10.5 Å². The van der Waals surface area contributed by atoms with Crippen molar-refractivity contribution in [3.63, 3.8) is 0 Å². The zero-order chi connectivity index (χ0) is 32.2. The van der Waals surface area contributed by atoms with Gasteiger partial charge in [0.1, 0.15) is 17.7 Å². The molecule has 3 aromatic heterocycles. The van der Waals surface area contributed by atoms with E-state index < -0.39 is 11.7 Å². The molecule has 0 fully saturated rings. The topological polar surface area (TPSA) is 125 Å². The second-order valence-electron chi connectivity index (χ2n) is 11.6. The molecule has 0 aliphatic heterocycles. The first kappa shape index (κ1) is 37.1. The van der Waals surface area contributed by atoms with Crippen LogP contribution in [0.25, 0.3) is 32.9 Å². The number of halogens is 1. The number of benzene rings is 2. The number of nitrogens with zero attached hydrogens (tertiary/aromatic N) is 5. The van der Waals surface area contributed by atoms with Gasteiger partial charge in [0.05, 0.1) is 39.4 Å². The van der Waals surface area contributed by atoms with Crippen LogP contribution in [0.1, 0.15) is 74.7 Å². The number of nitrogens with one attached hydrogen (secondary N) is 1. The van der Waals surface area contributed by atoms with Crippen LogP contribution < -0.4 is 5.32 Å². The highest BCUT2D eigenvalue weighted by Crippen LogP contribution is 2.32. The van der Waals surface area contributed by atoms with Gasteiger partial charge in [-0.15, -0.1) is 0 Å². The molecule has 0 aliphatic rings. The number of pyridine rings is 3. The molecule has 0 bridgehead atoms. The minimum absolute atomic E-state index is 0. The molecule has 3 heterocycles. The standard InChI is InChI=1S/C23H24N4O2.C12H9ClN2.2CH4/c1-14-8-19-20(9-15(14)2)26-12-17(10-24)21(19)16-6-7-18(25-11-16)13-27-22(28)29-23(3,4)5;1-7-3-10-11(4-8(7)2)15-6-9(5-14)12(10)13;;/h6-9,11-12H,13H2,1-5H3,(H,27,28);3-4,6H,1-2H3;2*1H4. The number of amides is 1. The van der Waals surface area contributed by atoms with Crippen molar-refractivity contribution in [2.24, 2.45) is 0 Å². The number of hydrogen-bond donors (Lipinski definition) is 1. The van der Waals surface area contributed by atoms with Gasteiger partial charge in [0.2, 0.25) is 0 Å². The van der Waals surface area contributed by atoms with Gasteiger partial charge in [0, 0.05) is 40.5 Å². The van der Waals surface area contributed by atoms with Crippen LogP contribution >= 0.6 is 11.6 Å². The minimum Gasteiger partial charge on any atom is -0.444 e. The van der Waals surface area contributed by atoms with Crippen LogP contribution in [0, 0.1) is 50.4 Å². The van der Waals surface area contributed by atoms with Crippen molar-refractivity contribution in [2.75, 3.05) is 0 Å². The molecule has 0 saturated heterocycles. The molecule has 0 unspecified atom stereocenters. The van der Waals surface area contributed by atoms with Gasteiger partial charge in [-0.3, -0.25) is 15.0 Å². The zero-order valence-electron chi connectivity index (χ0n) is 25.8. The molecule has 0 radical (unpaired) electrons. The van der Waals surface area contributed by atoms with Crippen molar-refractivity contribution in [2.45, 2.75) is 75.5 Å². The maximum absolute atomic E-state index is 11.8. The molecule has 5 aromatic rings. The van der Waals surface area contributed by atoms with Gasteiger partial charge in [-0.1, -0.05) is 32.5 Å². The third-order valence-corrected chi connectivity index (χ3v) is 7.48. The molecule has 9 heteroatoms. The van der Waals surface area contributed by atoms with Gasteiger partial charge in [-0.05, 0) is 101 Å². The molecule has 2 aromatic carbocycles. The third kappa shape index (κ3) is 8.56. The third-order valence-electron chi connectivity index (χ3n) is 7.07. The summed E-state index contributed by atoms with van der Waals surface area (Å²) in [6, 6.07) is 16.0. The van der Waals surface area contributed by atoms with E-state index in [2.05, 4.69) is 32.4 Å². The van der Waals surface area contributed by atoms with E-state index in [1.807, 2.05) is 84.9 Å². The normalized spacial score (nSPS) is 10.4. The van der Waals surface area contributed by atoms with Gasteiger partial charge in [0.15, 0.2) is 0 Å². The van der Waals surface area contributed by atoms with E-state index in [1.54, 1.807) is 12.4 Å². The van der Waals surface area contributed by atoms with E-state index >= 15 is 0 Å². The van der Waals surface area contributed by atoms with Crippen LogP contribution in [0.2, 0.25) is 5.02 Å². The molecule has 46 heavy (non-hydrogen) atoms. The predicted octanol–water partition coefficient (Wildman–Crippen LogP) is 9.46. The lowest BCUT2D eigenvalue weighted by molar-refractivity contribution is 0.0523. The second kappa shape index (κ2) is 15.3. The number of aryl methyl sites for hydroxylation is 4. The molecule has 0 aliphatic carbocycles. The Kier molecular flexibility index (Phi) is 12.3. The number of hydrogen-bond acceptors (Lipinski definition) is 7. The lowest BCUT2D eigenvalue weighted by Crippen LogP contribution is -2.32. The van der Waals surface area contributed by atoms with E-state index in [0.717, 1.165) is 49.6 Å². The van der Waals surface area contributed by atoms with E-state index in [4.69, 9.17) is 21.6 Å². The fourth-order valence-corrected chi connectivity index (χ4v) is 4.74. The average molecular weight is 637 g/mol. The molecule has 0 atom stereocenters. The van der Waals surface area contributed by atoms with Gasteiger partial charge >= 0.3 is 6.09 Å². The summed E-state index contributed by atoms with van der Waals surface area (Å²) >= 11 is 6.10. The monoisotopic (exact) mass is 636 g/mol. The fourth-order valence-electron chi connectivity index (χ4n) is 4.50. The Labute approximate surface area is 277 Å². The smallest absolute Gasteiger partial charge is 0.407 e. The molecule has 1 N–H and O–H groups in total. The first-order chi connectivity index (χ1) is 20.8. The molecule has 8 nitrogen and oxygen atoms in total. The molecule has 1 amide bonds. The molecule has 238 valence electrons. The Morgan fingerprint density at radius 3 is 1.85 bits per heavy atom. The van der Waals surface area contributed by atoms with Crippen LogP contribution in [0.3, 0.4) is 0 Å². The minimum atomic E-state index is -0.548. The summed E-state index contributed by atoms with van der Waals surface area (Å²) in [4.78, 5) is 24.9. The highest BCUT2D eigenvalue weighted by molar-refractivity contribution is 6.36. The molecule has 0 spiro atoms. The zero-order valence-corrected chi connectivity index (χ0v) is 26.6. The van der Waals surface area contributed by atoms with E-state index in [9.17, 15) is 10.1 Å². The highest BCUT2D eigenvalue weighted by Gasteiger charge is 2.16. The molecule has 0 saturated carbocycles. The lowest BCUT2D eigenvalue weighted by Gasteiger charge is -2.19. The Hall–Kier alpha value is -5.05. The number of carbonyl (C=O) groups is 1. The highest BCUT2D eigenvalue weighted by atomic mass is 35.5. The van der Waals surface area contributed by atoms with E-state index in [-0.39, 0.29) is 21.4 Å². The van der Waals surface area contributed by atoms with Crippen molar-refractivity contribution in [1.29, 1.82) is 10.5 Å². The Balaban J connectivity index is 0.000000367. The van der Waals surface area contributed by atoms with Gasteiger partial charge < -0.3 is 10.1 Å². The summed E-state index contributed by atoms with van der Waals surface area (Å²) in [5, 5.41) is 23.4. The van der Waals surface area contributed by atoms with Crippen molar-refractivity contribution in [1.82, 2.24) is 20.3 Å². The summed E-state index contributed by atoms with van der Waals surface area (Å²) in [5.41, 5.74) is 9.03. The van der Waals surface area contributed by atoms with E-state index in [1.165, 1.54) is 11.8 Å². The summed E-state index contributed by atoms with van der Waals surface area (Å²) in [6.45, 7) is 13.8. The lowest BCUT2D eigenvalue weighted by atomic mass is 9.95. The summed E-state index contributed by atoms with van der Waals surface area (Å²) in [7, 11) is 0. The second-order valence-corrected chi connectivity index (χ2v) is 11.9. The number of nitriles is 2. The summed E-state index contributed by atoms with van der Waals surface area (Å²) in [6.07, 6.45) is 4.35. The Morgan fingerprint density at radius 2 is 1.33 bits per heavy atom. The van der Waals surface area contributed by atoms with Crippen molar-refractivity contribution >= 4 is 39.5 Å². The maximum atomic E-state index is 11.8. The molecule has 5 rings (SSSR count). The molecular weight excluding hydrogens is 596 g/mol. The number of fused-ring (bicyclic) bond motifs is 2. The number of ether oxygens (including phenoxy) is 1. The summed E-state index contributed by atoms with van der Waals surface area (Å²) in [5.74, 6) is 0. The maximum Gasteiger partial charge on any atom is 0.407 e. The van der Waals surface area contributed by atoms with Gasteiger partial charge in [-0.25, -0.2) is 4.79 Å². The first-order valence-electron chi connectivity index (χ1n) is 14.0. The van der Waals surface area contributed by atoms with Crippen LogP contribution in [-0.2, 0) is 11.3 Å². The van der Waals surface area contributed by atoms with Crippen LogP contribution in [-0.4, -0.2) is 26.6 Å². The Morgan fingerprint density at radius 1 is 0.804 bits per heavy atom. The Bertz CT molecular complexity index is 1970. The van der Waals surface area contributed by atoms with E-state index in [0.29, 0.717) is 21.8 Å². The van der Waals surface area contributed by atoms with Crippen molar-refractivity contribution in [3.8, 4) is 23.3 Å². The quantitative estimate of drug-likeness (QED) is 0.209. The number of carbonyl (C=O) groups excluding carboxylic acids is 1. The van der Waals surface area contributed by atoms with Crippen LogP contribution in [0.15, 0.2) is 55.0 Å². The number of alkyl carbamates (subject to hydrolysis) is 1. The van der Waals surface area contributed by atoms with Crippen LogP contribution in [0.4, 0.5) is 4.79 Å². The predicted molar refractivity (Wildman–Crippen MR) is 187 cm³/mol. The van der Waals surface area contributed by atoms with Crippen molar-refractivity contribution in [3.05, 3.63) is 99.1 Å². The fraction of sp³-hybridized carbons (Fsp3) is 0.297. The van der Waals surface area contributed by atoms with Crippen molar-refractivity contribution < 1.29 is 9.53 Å². The summed E-state index contributed by atoms with van der Waals surface area (Å²) < 4.78 is 5.23. The average Bonchev–Trinajstić information content (AvgIpc) is 2.97. The SMILES string of the molecule is C.C.Cc1cc2ncc(C#N)c(-c3ccc(CNC(=O)OC(C)(C)C)nc3)c2cc1C.Cc1cc2ncc(C#N)c(Cl)c2cc1C. The number of aromatic nitrogens is 3. The van der Waals surface area contributed by atoms with Crippen LogP contribution in [0.5, 0.6) is 0 Å². The number of rotatable bonds is 3. The molecular formula is C37H41ClN6O2. The van der Waals surface area contributed by atoms with Gasteiger partial charge in [0.25, 0.3) is 0 Å².